The third-order valence-electron chi connectivity index (χ3n) is 7.25. The van der Waals surface area contributed by atoms with Gasteiger partial charge in [-0.1, -0.05) is 116 Å². The summed E-state index contributed by atoms with van der Waals surface area (Å²) in [5.41, 5.74) is 0. The van der Waals surface area contributed by atoms with E-state index in [-0.39, 0.29) is 13.2 Å². The van der Waals surface area contributed by atoms with Gasteiger partial charge >= 0.3 is 0 Å². The van der Waals surface area contributed by atoms with E-state index in [1.807, 2.05) is 0 Å². The lowest BCUT2D eigenvalue weighted by molar-refractivity contribution is -0.305. The van der Waals surface area contributed by atoms with Crippen molar-refractivity contribution < 1.29 is 39.7 Å². The van der Waals surface area contributed by atoms with E-state index in [1.54, 1.807) is 0 Å². The molecule has 1 aliphatic rings. The zero-order valence-electron chi connectivity index (χ0n) is 23.5. The topological polar surface area (TPSA) is 129 Å². The van der Waals surface area contributed by atoms with E-state index in [0.717, 1.165) is 12.8 Å². The normalized spacial score (nSPS) is 25.0. The highest BCUT2D eigenvalue weighted by molar-refractivity contribution is 4.88. The Labute approximate surface area is 225 Å². The van der Waals surface area contributed by atoms with Crippen LogP contribution in [0.2, 0.25) is 0 Å². The van der Waals surface area contributed by atoms with Gasteiger partial charge in [-0.25, -0.2) is 0 Å². The molecule has 1 saturated heterocycles. The summed E-state index contributed by atoms with van der Waals surface area (Å²) in [6, 6.07) is 0. The fraction of sp³-hybridized carbons (Fsp3) is 1.00. The minimum atomic E-state index is -1.49. The van der Waals surface area contributed by atoms with Crippen LogP contribution in [0.5, 0.6) is 0 Å². The van der Waals surface area contributed by atoms with Crippen molar-refractivity contribution in [3.05, 3.63) is 0 Å². The Balaban J connectivity index is 1.83. The van der Waals surface area contributed by atoms with Crippen LogP contribution in [-0.4, -0.2) is 88.8 Å². The summed E-state index contributed by atoms with van der Waals surface area (Å²) < 4.78 is 16.1. The second-order valence-electron chi connectivity index (χ2n) is 10.8. The Kier molecular flexibility index (Phi) is 22.1. The molecule has 1 heterocycles. The highest BCUT2D eigenvalue weighted by Crippen LogP contribution is 2.22. The molecule has 37 heavy (non-hydrogen) atoms. The lowest BCUT2D eigenvalue weighted by atomic mass is 9.99. The van der Waals surface area contributed by atoms with Crippen molar-refractivity contribution in [2.45, 2.75) is 159 Å². The summed E-state index contributed by atoms with van der Waals surface area (Å²) in [6.45, 7) is 2.29. The molecule has 1 fully saturated rings. The largest absolute Gasteiger partial charge is 0.394 e. The molecule has 0 amide bonds. The van der Waals surface area contributed by atoms with Gasteiger partial charge in [0.2, 0.25) is 0 Å². The number of hydrogen-bond acceptors (Lipinski definition) is 8. The van der Waals surface area contributed by atoms with Crippen molar-refractivity contribution >= 4 is 0 Å². The average molecular weight is 535 g/mol. The second-order valence-corrected chi connectivity index (χ2v) is 10.8. The Morgan fingerprint density at radius 3 is 1.54 bits per heavy atom. The number of aliphatic hydroxyl groups excluding tert-OH is 5. The SMILES string of the molecule is CCCCCCCCCCCCCCCCCCCCOCC(O)CO[C@@H]1O[C@H](CO)[C@H](O)[C@H](O)[C@H]1O. The smallest absolute Gasteiger partial charge is 0.186 e. The van der Waals surface area contributed by atoms with Gasteiger partial charge in [0.25, 0.3) is 0 Å². The van der Waals surface area contributed by atoms with Crippen molar-refractivity contribution in [2.75, 3.05) is 26.4 Å². The summed E-state index contributed by atoms with van der Waals surface area (Å²) in [4.78, 5) is 0. The van der Waals surface area contributed by atoms with Gasteiger partial charge < -0.3 is 39.7 Å². The highest BCUT2D eigenvalue weighted by atomic mass is 16.7. The highest BCUT2D eigenvalue weighted by Gasteiger charge is 2.44. The molecule has 8 nitrogen and oxygen atoms in total. The van der Waals surface area contributed by atoms with Crippen LogP contribution in [-0.2, 0) is 14.2 Å². The quantitative estimate of drug-likeness (QED) is 0.110. The average Bonchev–Trinajstić information content (AvgIpc) is 2.90. The van der Waals surface area contributed by atoms with Crippen molar-refractivity contribution in [1.82, 2.24) is 0 Å². The summed E-state index contributed by atoms with van der Waals surface area (Å²) in [5.74, 6) is 0. The van der Waals surface area contributed by atoms with E-state index < -0.39 is 43.4 Å². The van der Waals surface area contributed by atoms with Crippen LogP contribution in [0.15, 0.2) is 0 Å². The van der Waals surface area contributed by atoms with E-state index in [2.05, 4.69) is 6.92 Å². The summed E-state index contributed by atoms with van der Waals surface area (Å²) in [5, 5.41) is 48.7. The van der Waals surface area contributed by atoms with Crippen molar-refractivity contribution in [3.8, 4) is 0 Å². The van der Waals surface area contributed by atoms with Crippen LogP contribution in [0.3, 0.4) is 0 Å². The first-order valence-electron chi connectivity index (χ1n) is 15.2. The van der Waals surface area contributed by atoms with E-state index in [1.165, 1.54) is 103 Å². The Morgan fingerprint density at radius 1 is 0.622 bits per heavy atom. The first kappa shape index (κ1) is 34.7. The molecule has 1 aliphatic heterocycles. The zero-order valence-corrected chi connectivity index (χ0v) is 23.5. The standard InChI is InChI=1S/C29H58O8/c1-2-3-4-5-6-7-8-9-10-11-12-13-14-15-16-17-18-19-20-35-22-24(31)23-36-29-28(34)27(33)26(32)25(21-30)37-29/h24-34H,2-23H2,1H3/t24?,25-,26+,27+,28-,29-/m1/s1. The van der Waals surface area contributed by atoms with Crippen molar-refractivity contribution in [3.63, 3.8) is 0 Å². The molecule has 0 radical (unpaired) electrons. The molecule has 8 heteroatoms. The fourth-order valence-electron chi connectivity index (χ4n) is 4.78. The molecule has 1 rings (SSSR count). The molecule has 0 spiro atoms. The first-order chi connectivity index (χ1) is 18.0. The monoisotopic (exact) mass is 534 g/mol. The summed E-state index contributed by atoms with van der Waals surface area (Å²) in [6.07, 6.45) is 16.5. The van der Waals surface area contributed by atoms with Gasteiger partial charge in [0.05, 0.1) is 19.8 Å². The molecule has 0 aliphatic carbocycles. The third-order valence-corrected chi connectivity index (χ3v) is 7.25. The van der Waals surface area contributed by atoms with Crippen LogP contribution >= 0.6 is 0 Å². The second kappa shape index (κ2) is 23.6. The Bertz CT molecular complexity index is 493. The Morgan fingerprint density at radius 2 is 1.08 bits per heavy atom. The van der Waals surface area contributed by atoms with Gasteiger partial charge in [-0.05, 0) is 6.42 Å². The lowest BCUT2D eigenvalue weighted by Gasteiger charge is -2.39. The predicted octanol–water partition coefficient (Wildman–Crippen LogP) is 4.22. The van der Waals surface area contributed by atoms with E-state index >= 15 is 0 Å². The summed E-state index contributed by atoms with van der Waals surface area (Å²) >= 11 is 0. The van der Waals surface area contributed by atoms with Gasteiger partial charge in [0.1, 0.15) is 30.5 Å². The number of ether oxygens (including phenoxy) is 3. The minimum Gasteiger partial charge on any atom is -0.394 e. The number of unbranched alkanes of at least 4 members (excludes halogenated alkanes) is 17. The molecule has 0 saturated carbocycles. The fourth-order valence-corrected chi connectivity index (χ4v) is 4.78. The molecule has 5 N–H and O–H groups in total. The van der Waals surface area contributed by atoms with Gasteiger partial charge in [-0.15, -0.1) is 0 Å². The van der Waals surface area contributed by atoms with Gasteiger partial charge in [-0.3, -0.25) is 0 Å². The minimum absolute atomic E-state index is 0.108. The van der Waals surface area contributed by atoms with Crippen LogP contribution < -0.4 is 0 Å². The van der Waals surface area contributed by atoms with Crippen LogP contribution in [0, 0.1) is 0 Å². The lowest BCUT2D eigenvalue weighted by Crippen LogP contribution is -2.59. The van der Waals surface area contributed by atoms with E-state index in [0.29, 0.717) is 6.61 Å². The molecule has 6 atom stereocenters. The van der Waals surface area contributed by atoms with Gasteiger partial charge in [0, 0.05) is 6.61 Å². The molecule has 222 valence electrons. The molecule has 1 unspecified atom stereocenters. The maximum absolute atomic E-state index is 10.0. The van der Waals surface area contributed by atoms with Gasteiger partial charge in [-0.2, -0.15) is 0 Å². The maximum atomic E-state index is 10.0. The molecular formula is C29H58O8. The number of rotatable bonds is 25. The number of aliphatic hydroxyl groups is 5. The van der Waals surface area contributed by atoms with E-state index in [9.17, 15) is 25.5 Å². The zero-order chi connectivity index (χ0) is 27.1. The molecular weight excluding hydrogens is 476 g/mol. The Hall–Kier alpha value is -0.320. The van der Waals surface area contributed by atoms with Crippen molar-refractivity contribution in [1.29, 1.82) is 0 Å². The third kappa shape index (κ3) is 17.1. The molecule has 0 bridgehead atoms. The van der Waals surface area contributed by atoms with Crippen LogP contribution in [0.1, 0.15) is 122 Å². The number of hydrogen-bond donors (Lipinski definition) is 5. The van der Waals surface area contributed by atoms with Crippen LogP contribution in [0.4, 0.5) is 0 Å². The molecule has 0 aromatic heterocycles. The van der Waals surface area contributed by atoms with Crippen molar-refractivity contribution in [2.24, 2.45) is 0 Å². The predicted molar refractivity (Wildman–Crippen MR) is 145 cm³/mol. The van der Waals surface area contributed by atoms with Gasteiger partial charge in [0.15, 0.2) is 6.29 Å². The maximum Gasteiger partial charge on any atom is 0.186 e. The summed E-state index contributed by atoms with van der Waals surface area (Å²) in [7, 11) is 0. The first-order valence-corrected chi connectivity index (χ1v) is 15.2. The molecule has 0 aromatic rings. The van der Waals surface area contributed by atoms with Crippen LogP contribution in [0.25, 0.3) is 0 Å². The van der Waals surface area contributed by atoms with E-state index in [4.69, 9.17) is 14.2 Å². The molecule has 0 aromatic carbocycles.